The predicted octanol–water partition coefficient (Wildman–Crippen LogP) is 5.74. The van der Waals surface area contributed by atoms with Gasteiger partial charge < -0.3 is 4.74 Å². The fourth-order valence-corrected chi connectivity index (χ4v) is 3.25. The molecule has 0 aliphatic carbocycles. The summed E-state index contributed by atoms with van der Waals surface area (Å²) in [7, 11) is 0. The second kappa shape index (κ2) is 9.69. The average Bonchev–Trinajstić information content (AvgIpc) is 2.69. The van der Waals surface area contributed by atoms with Crippen LogP contribution in [0.3, 0.4) is 0 Å². The minimum absolute atomic E-state index is 0.237. The maximum atomic E-state index is 12.2. The Labute approximate surface area is 185 Å². The monoisotopic (exact) mass is 490 g/mol. The summed E-state index contributed by atoms with van der Waals surface area (Å²) in [5.74, 6) is -0.534. The molecule has 0 saturated heterocycles. The van der Waals surface area contributed by atoms with Gasteiger partial charge in [0.1, 0.15) is 5.75 Å². The van der Waals surface area contributed by atoms with E-state index in [4.69, 9.17) is 27.9 Å². The van der Waals surface area contributed by atoms with Gasteiger partial charge in [-0.3, -0.25) is 4.79 Å². The summed E-state index contributed by atoms with van der Waals surface area (Å²) in [6.07, 6.45) is 1.46. The van der Waals surface area contributed by atoms with Gasteiger partial charge in [0.2, 0.25) is 0 Å². The first-order valence-corrected chi connectivity index (χ1v) is 9.84. The van der Waals surface area contributed by atoms with Crippen molar-refractivity contribution in [3.05, 3.63) is 97.9 Å². The van der Waals surface area contributed by atoms with Gasteiger partial charge in [0.25, 0.3) is 5.91 Å². The molecule has 0 bridgehead atoms. The second-order valence-corrected chi connectivity index (χ2v) is 7.46. The van der Waals surface area contributed by atoms with Crippen molar-refractivity contribution < 1.29 is 14.3 Å². The van der Waals surface area contributed by atoms with Crippen LogP contribution in [0.4, 0.5) is 0 Å². The average molecular weight is 492 g/mol. The lowest BCUT2D eigenvalue weighted by molar-refractivity contribution is 0.0733. The number of rotatable bonds is 5. The molecule has 3 rings (SSSR count). The van der Waals surface area contributed by atoms with Crippen molar-refractivity contribution in [2.75, 3.05) is 0 Å². The van der Waals surface area contributed by atoms with Crippen LogP contribution in [0.2, 0.25) is 10.0 Å². The number of ether oxygens (including phenoxy) is 1. The van der Waals surface area contributed by atoms with Crippen LogP contribution in [0.15, 0.2) is 76.3 Å². The van der Waals surface area contributed by atoms with E-state index in [2.05, 4.69) is 26.5 Å². The third kappa shape index (κ3) is 5.67. The van der Waals surface area contributed by atoms with Gasteiger partial charge in [0.05, 0.1) is 22.4 Å². The molecule has 8 heteroatoms. The summed E-state index contributed by atoms with van der Waals surface area (Å²) < 4.78 is 6.01. The molecule has 5 nitrogen and oxygen atoms in total. The Morgan fingerprint density at radius 3 is 2.38 bits per heavy atom. The molecule has 146 valence electrons. The van der Waals surface area contributed by atoms with Gasteiger partial charge in [-0.2, -0.15) is 5.10 Å². The Balaban J connectivity index is 1.59. The number of hydrogen-bond acceptors (Lipinski definition) is 4. The fourth-order valence-electron chi connectivity index (χ4n) is 2.31. The maximum Gasteiger partial charge on any atom is 0.344 e. The molecule has 0 heterocycles. The van der Waals surface area contributed by atoms with E-state index in [-0.39, 0.29) is 10.6 Å². The lowest BCUT2D eigenvalue weighted by Gasteiger charge is -2.06. The minimum Gasteiger partial charge on any atom is -0.423 e. The first-order valence-electron chi connectivity index (χ1n) is 8.29. The number of carbonyl (C=O) groups excluding carboxylic acids is 2. The van der Waals surface area contributed by atoms with Crippen molar-refractivity contribution in [1.29, 1.82) is 0 Å². The van der Waals surface area contributed by atoms with Crippen LogP contribution in [-0.2, 0) is 0 Å². The summed E-state index contributed by atoms with van der Waals surface area (Å²) in [5.41, 5.74) is 3.80. The van der Waals surface area contributed by atoms with Crippen LogP contribution in [0.5, 0.6) is 5.75 Å². The van der Waals surface area contributed by atoms with E-state index in [9.17, 15) is 9.59 Å². The van der Waals surface area contributed by atoms with Crippen LogP contribution < -0.4 is 10.2 Å². The largest absolute Gasteiger partial charge is 0.423 e. The van der Waals surface area contributed by atoms with E-state index < -0.39 is 11.9 Å². The molecule has 0 aromatic heterocycles. The van der Waals surface area contributed by atoms with E-state index in [0.717, 1.165) is 0 Å². The summed E-state index contributed by atoms with van der Waals surface area (Å²) >= 11 is 15.1. The van der Waals surface area contributed by atoms with Gasteiger partial charge in [-0.25, -0.2) is 10.2 Å². The first-order chi connectivity index (χ1) is 13.9. The Kier molecular flexibility index (Phi) is 7.04. The molecule has 1 amide bonds. The zero-order chi connectivity index (χ0) is 20.8. The van der Waals surface area contributed by atoms with E-state index in [1.165, 1.54) is 18.3 Å². The number of hydrazone groups is 1. The number of benzene rings is 3. The van der Waals surface area contributed by atoms with Crippen molar-refractivity contribution >= 4 is 57.2 Å². The van der Waals surface area contributed by atoms with Crippen molar-refractivity contribution in [1.82, 2.24) is 5.43 Å². The zero-order valence-corrected chi connectivity index (χ0v) is 17.8. The lowest BCUT2D eigenvalue weighted by Crippen LogP contribution is -2.18. The SMILES string of the molecule is O=C(N/N=C/c1ccc(OC(=O)c2ccccc2Br)cc1)c1ccc(Cl)cc1Cl. The second-order valence-electron chi connectivity index (χ2n) is 5.76. The molecular weight excluding hydrogens is 479 g/mol. The highest BCUT2D eigenvalue weighted by atomic mass is 79.9. The van der Waals surface area contributed by atoms with Gasteiger partial charge in [0.15, 0.2) is 0 Å². The molecule has 0 unspecified atom stereocenters. The molecule has 0 aliphatic rings. The van der Waals surface area contributed by atoms with Crippen LogP contribution >= 0.6 is 39.1 Å². The summed E-state index contributed by atoms with van der Waals surface area (Å²) in [5, 5.41) is 4.58. The molecule has 1 N–H and O–H groups in total. The Bertz CT molecular complexity index is 1090. The van der Waals surface area contributed by atoms with E-state index in [0.29, 0.717) is 26.4 Å². The van der Waals surface area contributed by atoms with E-state index >= 15 is 0 Å². The highest BCUT2D eigenvalue weighted by Crippen LogP contribution is 2.21. The number of carbonyl (C=O) groups is 2. The minimum atomic E-state index is -0.467. The molecule has 3 aromatic carbocycles. The predicted molar refractivity (Wildman–Crippen MR) is 117 cm³/mol. The third-order valence-electron chi connectivity index (χ3n) is 3.74. The molecule has 0 atom stereocenters. The summed E-state index contributed by atoms with van der Waals surface area (Å²) in [4.78, 5) is 24.3. The molecule has 3 aromatic rings. The first kappa shape index (κ1) is 21.0. The molecule has 0 fully saturated rings. The number of esters is 1. The topological polar surface area (TPSA) is 67.8 Å². The zero-order valence-electron chi connectivity index (χ0n) is 14.7. The van der Waals surface area contributed by atoms with Crippen molar-refractivity contribution in [2.45, 2.75) is 0 Å². The van der Waals surface area contributed by atoms with Gasteiger partial charge in [-0.15, -0.1) is 0 Å². The van der Waals surface area contributed by atoms with E-state index in [1.54, 1.807) is 48.5 Å². The smallest absolute Gasteiger partial charge is 0.344 e. The van der Waals surface area contributed by atoms with Crippen molar-refractivity contribution in [3.8, 4) is 5.75 Å². The maximum absolute atomic E-state index is 12.2. The third-order valence-corrected chi connectivity index (χ3v) is 4.98. The molecular formula is C21H13BrCl2N2O3. The normalized spacial score (nSPS) is 10.7. The number of halogens is 3. The number of hydrogen-bond donors (Lipinski definition) is 1. The molecule has 0 aliphatic heterocycles. The van der Waals surface area contributed by atoms with Gasteiger partial charge in [-0.05, 0) is 76.1 Å². The number of nitrogens with one attached hydrogen (secondary N) is 1. The summed E-state index contributed by atoms with van der Waals surface area (Å²) in [6.45, 7) is 0. The highest BCUT2D eigenvalue weighted by molar-refractivity contribution is 9.10. The van der Waals surface area contributed by atoms with Crippen molar-refractivity contribution in [3.63, 3.8) is 0 Å². The molecule has 0 spiro atoms. The van der Waals surface area contributed by atoms with E-state index in [1.807, 2.05) is 6.07 Å². The Hall–Kier alpha value is -2.67. The van der Waals surface area contributed by atoms with Gasteiger partial charge in [-0.1, -0.05) is 35.3 Å². The molecule has 29 heavy (non-hydrogen) atoms. The van der Waals surface area contributed by atoms with Crippen LogP contribution in [0, 0.1) is 0 Å². The van der Waals surface area contributed by atoms with Crippen LogP contribution in [0.1, 0.15) is 26.3 Å². The quantitative estimate of drug-likeness (QED) is 0.214. The Morgan fingerprint density at radius 2 is 1.69 bits per heavy atom. The number of amides is 1. The van der Waals surface area contributed by atoms with Crippen molar-refractivity contribution in [2.24, 2.45) is 5.10 Å². The standard InChI is InChI=1S/C21H13BrCl2N2O3/c22-18-4-2-1-3-16(18)21(28)29-15-8-5-13(6-9-15)12-25-26-20(27)17-10-7-14(23)11-19(17)24/h1-12H,(H,26,27)/b25-12+. The van der Waals surface area contributed by atoms with Gasteiger partial charge >= 0.3 is 5.97 Å². The van der Waals surface area contributed by atoms with Crippen LogP contribution in [0.25, 0.3) is 0 Å². The lowest BCUT2D eigenvalue weighted by atomic mass is 10.2. The van der Waals surface area contributed by atoms with Gasteiger partial charge in [0, 0.05) is 9.50 Å². The molecule has 0 radical (unpaired) electrons. The number of nitrogens with zero attached hydrogens (tertiary/aromatic N) is 1. The fraction of sp³-hybridized carbons (Fsp3) is 0. The highest BCUT2D eigenvalue weighted by Gasteiger charge is 2.12. The summed E-state index contributed by atoms with van der Waals surface area (Å²) in [6, 6.07) is 18.2. The van der Waals surface area contributed by atoms with Crippen LogP contribution in [-0.4, -0.2) is 18.1 Å². The Morgan fingerprint density at radius 1 is 0.966 bits per heavy atom. The molecule has 0 saturated carbocycles.